The Hall–Kier alpha value is -4.72. The summed E-state index contributed by atoms with van der Waals surface area (Å²) in [4.78, 5) is 22.2. The number of ether oxygens (including phenoxy) is 2. The van der Waals surface area contributed by atoms with Crippen molar-refractivity contribution in [2.24, 2.45) is 0 Å². The molecule has 5 rings (SSSR count). The van der Waals surface area contributed by atoms with E-state index < -0.39 is 0 Å². The summed E-state index contributed by atoms with van der Waals surface area (Å²) in [6, 6.07) is 19.1. The van der Waals surface area contributed by atoms with Gasteiger partial charge in [0.25, 0.3) is 5.91 Å². The summed E-state index contributed by atoms with van der Waals surface area (Å²) >= 11 is 0. The molecule has 0 saturated heterocycles. The van der Waals surface area contributed by atoms with Gasteiger partial charge in [-0.2, -0.15) is 5.10 Å². The first-order valence-corrected chi connectivity index (χ1v) is 12.2. The highest BCUT2D eigenvalue weighted by molar-refractivity contribution is 6.08. The fraction of sp³-hybridized carbons (Fsp3) is 0.172. The van der Waals surface area contributed by atoms with Crippen LogP contribution in [0, 0.1) is 6.92 Å². The predicted octanol–water partition coefficient (Wildman–Crippen LogP) is 5.82. The Labute approximate surface area is 214 Å². The van der Waals surface area contributed by atoms with Crippen molar-refractivity contribution in [3.05, 3.63) is 90.5 Å². The Balaban J connectivity index is 1.68. The lowest BCUT2D eigenvalue weighted by atomic mass is 10.0. The van der Waals surface area contributed by atoms with Crippen molar-refractivity contribution in [3.63, 3.8) is 0 Å². The van der Waals surface area contributed by atoms with Gasteiger partial charge < -0.3 is 14.8 Å². The number of aryl methyl sites for hydroxylation is 1. The van der Waals surface area contributed by atoms with Gasteiger partial charge in [0.1, 0.15) is 0 Å². The number of aromatic nitrogens is 4. The van der Waals surface area contributed by atoms with E-state index in [0.29, 0.717) is 47.3 Å². The molecule has 0 aliphatic heterocycles. The zero-order valence-electron chi connectivity index (χ0n) is 20.9. The Morgan fingerprint density at radius 1 is 0.919 bits per heavy atom. The highest BCUT2D eigenvalue weighted by Gasteiger charge is 2.23. The molecule has 0 aliphatic rings. The molecule has 0 aliphatic carbocycles. The topological polar surface area (TPSA) is 90.6 Å². The number of carbonyl (C=O) groups excluding carboxylic acids is 1. The van der Waals surface area contributed by atoms with Gasteiger partial charge >= 0.3 is 0 Å². The molecule has 37 heavy (non-hydrogen) atoms. The summed E-state index contributed by atoms with van der Waals surface area (Å²) < 4.78 is 13.3. The molecule has 1 amide bonds. The smallest absolute Gasteiger partial charge is 0.259 e. The van der Waals surface area contributed by atoms with Crippen LogP contribution in [0.4, 0.5) is 5.69 Å². The van der Waals surface area contributed by atoms with E-state index in [1.807, 2.05) is 69.3 Å². The summed E-state index contributed by atoms with van der Waals surface area (Å²) in [5, 5.41) is 7.75. The van der Waals surface area contributed by atoms with Crippen LogP contribution in [-0.2, 0) is 0 Å². The molecule has 0 radical (unpaired) electrons. The van der Waals surface area contributed by atoms with E-state index in [4.69, 9.17) is 19.6 Å². The Morgan fingerprint density at radius 3 is 2.43 bits per heavy atom. The molecular weight excluding hydrogens is 466 g/mol. The number of hydrogen-bond acceptors (Lipinski definition) is 6. The van der Waals surface area contributed by atoms with Gasteiger partial charge in [0.05, 0.1) is 42.0 Å². The van der Waals surface area contributed by atoms with Crippen LogP contribution < -0.4 is 14.8 Å². The maximum absolute atomic E-state index is 13.4. The number of anilines is 1. The Morgan fingerprint density at radius 2 is 1.70 bits per heavy atom. The van der Waals surface area contributed by atoms with Crippen molar-refractivity contribution in [1.82, 2.24) is 19.6 Å². The van der Waals surface area contributed by atoms with Crippen LogP contribution in [0.3, 0.4) is 0 Å². The first-order valence-electron chi connectivity index (χ1n) is 12.2. The number of nitrogens with one attached hydrogen (secondary N) is 1. The lowest BCUT2D eigenvalue weighted by Crippen LogP contribution is -2.16. The molecule has 0 unspecified atom stereocenters. The Bertz CT molecular complexity index is 1550. The number of rotatable bonds is 8. The maximum atomic E-state index is 13.4. The third-order valence-electron chi connectivity index (χ3n) is 5.86. The van der Waals surface area contributed by atoms with Crippen molar-refractivity contribution in [3.8, 4) is 33.9 Å². The quantitative estimate of drug-likeness (QED) is 0.293. The van der Waals surface area contributed by atoms with E-state index in [0.717, 1.165) is 22.4 Å². The molecule has 8 heteroatoms. The second kappa shape index (κ2) is 10.5. The van der Waals surface area contributed by atoms with E-state index in [2.05, 4.69) is 10.3 Å². The molecule has 186 valence electrons. The fourth-order valence-corrected chi connectivity index (χ4v) is 4.31. The molecule has 0 bridgehead atoms. The third kappa shape index (κ3) is 4.73. The van der Waals surface area contributed by atoms with Crippen LogP contribution in [0.15, 0.2) is 79.3 Å². The van der Waals surface area contributed by atoms with Gasteiger partial charge in [0, 0.05) is 23.5 Å². The zero-order chi connectivity index (χ0) is 25.8. The molecule has 2 aromatic carbocycles. The number of pyridine rings is 1. The summed E-state index contributed by atoms with van der Waals surface area (Å²) in [5.41, 5.74) is 5.68. The number of fused-ring (bicyclic) bond motifs is 1. The first-order chi connectivity index (χ1) is 18.1. The fourth-order valence-electron chi connectivity index (χ4n) is 4.31. The summed E-state index contributed by atoms with van der Waals surface area (Å²) in [7, 11) is 0. The van der Waals surface area contributed by atoms with E-state index in [-0.39, 0.29) is 5.91 Å². The molecule has 0 atom stereocenters. The first kappa shape index (κ1) is 24.0. The van der Waals surface area contributed by atoms with Gasteiger partial charge in [-0.15, -0.1) is 0 Å². The second-order valence-electron chi connectivity index (χ2n) is 8.31. The normalized spacial score (nSPS) is 10.9. The van der Waals surface area contributed by atoms with Gasteiger partial charge in [-0.3, -0.25) is 9.78 Å². The molecule has 0 spiro atoms. The van der Waals surface area contributed by atoms with Crippen LogP contribution in [0.25, 0.3) is 28.0 Å². The van der Waals surface area contributed by atoms with Crippen molar-refractivity contribution >= 4 is 17.2 Å². The molecule has 5 aromatic rings. The minimum Gasteiger partial charge on any atom is -0.490 e. The highest BCUT2D eigenvalue weighted by atomic mass is 16.5. The molecule has 0 fully saturated rings. The number of amides is 1. The van der Waals surface area contributed by atoms with Crippen molar-refractivity contribution in [2.75, 3.05) is 18.5 Å². The standard InChI is InChI=1S/C29H27N5O3/c1-4-36-24-14-13-21(16-25(24)37-5-2)26-19(3)33-34-27(20-10-7-6-8-11-20)23(18-31-28(26)34)29(35)32-22-12-9-15-30-17-22/h6-18H,4-5H2,1-3H3,(H,32,35). The van der Waals surface area contributed by atoms with E-state index in [9.17, 15) is 4.79 Å². The second-order valence-corrected chi connectivity index (χ2v) is 8.31. The van der Waals surface area contributed by atoms with Gasteiger partial charge in [-0.1, -0.05) is 36.4 Å². The summed E-state index contributed by atoms with van der Waals surface area (Å²) in [6.45, 7) is 6.87. The van der Waals surface area contributed by atoms with Crippen molar-refractivity contribution in [1.29, 1.82) is 0 Å². The maximum Gasteiger partial charge on any atom is 0.259 e. The highest BCUT2D eigenvalue weighted by Crippen LogP contribution is 2.37. The number of nitrogens with zero attached hydrogens (tertiary/aromatic N) is 4. The van der Waals surface area contributed by atoms with Crippen molar-refractivity contribution in [2.45, 2.75) is 20.8 Å². The number of hydrogen-bond donors (Lipinski definition) is 1. The molecule has 3 aromatic heterocycles. The molecule has 3 heterocycles. The van der Waals surface area contributed by atoms with Gasteiger partial charge in [0.2, 0.25) is 0 Å². The lowest BCUT2D eigenvalue weighted by Gasteiger charge is -2.13. The Kier molecular flexibility index (Phi) is 6.81. The number of carbonyl (C=O) groups is 1. The summed E-state index contributed by atoms with van der Waals surface area (Å²) in [6.07, 6.45) is 4.86. The van der Waals surface area contributed by atoms with Crippen LogP contribution in [0.1, 0.15) is 29.9 Å². The zero-order valence-corrected chi connectivity index (χ0v) is 20.9. The minimum atomic E-state index is -0.296. The van der Waals surface area contributed by atoms with Crippen LogP contribution in [-0.4, -0.2) is 38.7 Å². The average molecular weight is 494 g/mol. The monoisotopic (exact) mass is 493 g/mol. The molecular formula is C29H27N5O3. The predicted molar refractivity (Wildman–Crippen MR) is 143 cm³/mol. The SMILES string of the molecule is CCOc1ccc(-c2c(C)nn3c(-c4ccccc4)c(C(=O)Nc4cccnc4)cnc23)cc1OCC. The van der Waals surface area contributed by atoms with Gasteiger partial charge in [-0.05, 0) is 50.6 Å². The summed E-state index contributed by atoms with van der Waals surface area (Å²) in [5.74, 6) is 1.06. The van der Waals surface area contributed by atoms with Gasteiger partial charge in [-0.25, -0.2) is 9.50 Å². The molecule has 1 N–H and O–H groups in total. The van der Waals surface area contributed by atoms with Crippen LogP contribution in [0.2, 0.25) is 0 Å². The van der Waals surface area contributed by atoms with Crippen molar-refractivity contribution < 1.29 is 14.3 Å². The van der Waals surface area contributed by atoms with E-state index in [1.165, 1.54) is 0 Å². The third-order valence-corrected chi connectivity index (χ3v) is 5.86. The van der Waals surface area contributed by atoms with E-state index in [1.54, 1.807) is 35.2 Å². The van der Waals surface area contributed by atoms with E-state index >= 15 is 0 Å². The lowest BCUT2D eigenvalue weighted by molar-refractivity contribution is 0.102. The minimum absolute atomic E-state index is 0.296. The number of benzene rings is 2. The molecule has 8 nitrogen and oxygen atoms in total. The van der Waals surface area contributed by atoms with Crippen LogP contribution >= 0.6 is 0 Å². The molecule has 0 saturated carbocycles. The largest absolute Gasteiger partial charge is 0.490 e. The van der Waals surface area contributed by atoms with Gasteiger partial charge in [0.15, 0.2) is 17.1 Å². The average Bonchev–Trinajstić information content (AvgIpc) is 3.26. The van der Waals surface area contributed by atoms with Crippen LogP contribution in [0.5, 0.6) is 11.5 Å².